The Kier molecular flexibility index (Phi) is 4.98. The Hall–Kier alpha value is -1.85. The zero-order chi connectivity index (χ0) is 15.4. The van der Waals surface area contributed by atoms with Gasteiger partial charge in [0.1, 0.15) is 0 Å². The Morgan fingerprint density at radius 3 is 2.38 bits per heavy atom. The van der Waals surface area contributed by atoms with E-state index in [0.29, 0.717) is 20.6 Å². The zero-order valence-corrected chi connectivity index (χ0v) is 13.1. The first kappa shape index (κ1) is 15.5. The van der Waals surface area contributed by atoms with E-state index in [0.717, 1.165) is 0 Å². The van der Waals surface area contributed by atoms with Crippen LogP contribution in [0, 0.1) is 0 Å². The number of hydrogen-bond donors (Lipinski definition) is 2. The van der Waals surface area contributed by atoms with Crippen LogP contribution in [0.2, 0.25) is 5.02 Å². The monoisotopic (exact) mass is 367 g/mol. The molecule has 21 heavy (non-hydrogen) atoms. The summed E-state index contributed by atoms with van der Waals surface area (Å²) in [5, 5.41) is 12.1. The van der Waals surface area contributed by atoms with E-state index in [1.807, 2.05) is 0 Å². The van der Waals surface area contributed by atoms with Crippen LogP contribution in [0.25, 0.3) is 0 Å². The minimum absolute atomic E-state index is 0.297. The molecule has 0 aliphatic carbocycles. The molecule has 0 spiro atoms. The minimum Gasteiger partial charge on any atom is -0.479 e. The number of halogens is 2. The molecule has 0 radical (unpaired) electrons. The van der Waals surface area contributed by atoms with Gasteiger partial charge in [0, 0.05) is 10.0 Å². The molecule has 0 aromatic heterocycles. The molecular weight excluding hydrogens is 358 g/mol. The number of carbonyl (C=O) groups excluding carboxylic acids is 1. The van der Waals surface area contributed by atoms with Crippen LogP contribution < -0.4 is 5.32 Å². The lowest BCUT2D eigenvalue weighted by Gasteiger charge is -2.15. The van der Waals surface area contributed by atoms with Crippen LogP contribution >= 0.6 is 27.5 Å². The maximum atomic E-state index is 12.1. The third-order valence-electron chi connectivity index (χ3n) is 2.84. The molecule has 0 aliphatic rings. The van der Waals surface area contributed by atoms with Crippen LogP contribution in [0.15, 0.2) is 53.0 Å². The van der Waals surface area contributed by atoms with Gasteiger partial charge in [0.2, 0.25) is 0 Å². The SMILES string of the molecule is O=C(NC(C(=O)O)c1ccccc1)c1ccc(Br)c(Cl)c1. The Morgan fingerprint density at radius 1 is 1.14 bits per heavy atom. The van der Waals surface area contributed by atoms with Gasteiger partial charge >= 0.3 is 5.97 Å². The van der Waals surface area contributed by atoms with Crippen molar-refractivity contribution in [3.05, 3.63) is 69.2 Å². The van der Waals surface area contributed by atoms with Crippen LogP contribution in [0.5, 0.6) is 0 Å². The van der Waals surface area contributed by atoms with Crippen molar-refractivity contribution >= 4 is 39.4 Å². The summed E-state index contributed by atoms with van der Waals surface area (Å²) in [6, 6.07) is 12.1. The van der Waals surface area contributed by atoms with Crippen molar-refractivity contribution in [1.82, 2.24) is 5.32 Å². The molecule has 2 aromatic rings. The standard InChI is InChI=1S/C15H11BrClNO3/c16-11-7-6-10(8-12(11)17)14(19)18-13(15(20)21)9-4-2-1-3-5-9/h1-8,13H,(H,18,19)(H,20,21). The molecule has 2 N–H and O–H groups in total. The van der Waals surface area contributed by atoms with Gasteiger partial charge in [-0.1, -0.05) is 41.9 Å². The summed E-state index contributed by atoms with van der Waals surface area (Å²) >= 11 is 9.16. The number of nitrogens with one attached hydrogen (secondary N) is 1. The quantitative estimate of drug-likeness (QED) is 0.865. The van der Waals surface area contributed by atoms with E-state index in [4.69, 9.17) is 11.6 Å². The normalized spacial score (nSPS) is 11.7. The summed E-state index contributed by atoms with van der Waals surface area (Å²) in [4.78, 5) is 23.5. The smallest absolute Gasteiger partial charge is 0.330 e. The van der Waals surface area contributed by atoms with Crippen molar-refractivity contribution < 1.29 is 14.7 Å². The van der Waals surface area contributed by atoms with Crippen molar-refractivity contribution in [2.75, 3.05) is 0 Å². The maximum absolute atomic E-state index is 12.1. The molecule has 6 heteroatoms. The molecule has 1 unspecified atom stereocenters. The van der Waals surface area contributed by atoms with Crippen LogP contribution in [0.3, 0.4) is 0 Å². The average Bonchev–Trinajstić information content (AvgIpc) is 2.48. The second kappa shape index (κ2) is 6.74. The lowest BCUT2D eigenvalue weighted by molar-refractivity contribution is -0.139. The van der Waals surface area contributed by atoms with Crippen LogP contribution in [0.4, 0.5) is 0 Å². The van der Waals surface area contributed by atoms with Crippen LogP contribution in [0.1, 0.15) is 22.0 Å². The molecular formula is C15H11BrClNO3. The first-order valence-electron chi connectivity index (χ1n) is 6.02. The molecule has 0 saturated carbocycles. The molecule has 0 saturated heterocycles. The van der Waals surface area contributed by atoms with E-state index >= 15 is 0 Å². The average molecular weight is 369 g/mol. The summed E-state index contributed by atoms with van der Waals surface area (Å²) in [5.41, 5.74) is 0.798. The summed E-state index contributed by atoms with van der Waals surface area (Å²) < 4.78 is 0.665. The highest BCUT2D eigenvalue weighted by atomic mass is 79.9. The molecule has 0 aliphatic heterocycles. The summed E-state index contributed by atoms with van der Waals surface area (Å²) in [7, 11) is 0. The Bertz CT molecular complexity index is 676. The Labute approximate surface area is 134 Å². The highest BCUT2D eigenvalue weighted by Gasteiger charge is 2.22. The van der Waals surface area contributed by atoms with Gasteiger partial charge < -0.3 is 10.4 Å². The lowest BCUT2D eigenvalue weighted by Crippen LogP contribution is -2.33. The maximum Gasteiger partial charge on any atom is 0.330 e. The lowest BCUT2D eigenvalue weighted by atomic mass is 10.1. The number of rotatable bonds is 4. The van der Waals surface area contributed by atoms with Gasteiger partial charge in [0.05, 0.1) is 5.02 Å². The number of carboxylic acids is 1. The molecule has 0 bridgehead atoms. The molecule has 1 atom stereocenters. The first-order chi connectivity index (χ1) is 9.99. The van der Waals surface area contributed by atoms with E-state index in [-0.39, 0.29) is 0 Å². The number of carbonyl (C=O) groups is 2. The number of amides is 1. The molecule has 108 valence electrons. The van der Waals surface area contributed by atoms with Gasteiger partial charge in [-0.05, 0) is 39.7 Å². The van der Waals surface area contributed by atoms with E-state index in [2.05, 4.69) is 21.2 Å². The van der Waals surface area contributed by atoms with Crippen molar-refractivity contribution in [3.63, 3.8) is 0 Å². The number of carboxylic acid groups (broad SMARTS) is 1. The topological polar surface area (TPSA) is 66.4 Å². The number of benzene rings is 2. The van der Waals surface area contributed by atoms with E-state index in [1.165, 1.54) is 6.07 Å². The molecule has 1 amide bonds. The van der Waals surface area contributed by atoms with E-state index in [9.17, 15) is 14.7 Å². The third kappa shape index (κ3) is 3.83. The fourth-order valence-electron chi connectivity index (χ4n) is 1.78. The fraction of sp³-hybridized carbons (Fsp3) is 0.0667. The summed E-state index contributed by atoms with van der Waals surface area (Å²) in [6.07, 6.45) is 0. The predicted octanol–water partition coefficient (Wildman–Crippen LogP) is 3.66. The van der Waals surface area contributed by atoms with Gasteiger partial charge in [-0.25, -0.2) is 4.79 Å². The molecule has 2 rings (SSSR count). The molecule has 2 aromatic carbocycles. The third-order valence-corrected chi connectivity index (χ3v) is 4.07. The van der Waals surface area contributed by atoms with E-state index in [1.54, 1.807) is 42.5 Å². The van der Waals surface area contributed by atoms with Gasteiger partial charge in [-0.2, -0.15) is 0 Å². The van der Waals surface area contributed by atoms with Gasteiger partial charge in [-0.3, -0.25) is 4.79 Å². The van der Waals surface area contributed by atoms with Crippen molar-refractivity contribution in [2.45, 2.75) is 6.04 Å². The van der Waals surface area contributed by atoms with Crippen LogP contribution in [-0.2, 0) is 4.79 Å². The second-order valence-electron chi connectivity index (χ2n) is 4.28. The zero-order valence-electron chi connectivity index (χ0n) is 10.7. The van der Waals surface area contributed by atoms with Crippen molar-refractivity contribution in [2.24, 2.45) is 0 Å². The Balaban J connectivity index is 2.23. The number of aliphatic carboxylic acids is 1. The van der Waals surface area contributed by atoms with Gasteiger partial charge in [-0.15, -0.1) is 0 Å². The summed E-state index contributed by atoms with van der Waals surface area (Å²) in [6.45, 7) is 0. The predicted molar refractivity (Wildman–Crippen MR) is 83.4 cm³/mol. The van der Waals surface area contributed by atoms with Gasteiger partial charge in [0.25, 0.3) is 5.91 Å². The molecule has 4 nitrogen and oxygen atoms in total. The van der Waals surface area contributed by atoms with Crippen LogP contribution in [-0.4, -0.2) is 17.0 Å². The minimum atomic E-state index is -1.13. The second-order valence-corrected chi connectivity index (χ2v) is 5.55. The first-order valence-corrected chi connectivity index (χ1v) is 7.20. The molecule has 0 fully saturated rings. The largest absolute Gasteiger partial charge is 0.479 e. The fourth-order valence-corrected chi connectivity index (χ4v) is 2.21. The van der Waals surface area contributed by atoms with Crippen molar-refractivity contribution in [3.8, 4) is 0 Å². The highest BCUT2D eigenvalue weighted by Crippen LogP contribution is 2.23. The van der Waals surface area contributed by atoms with E-state index < -0.39 is 17.9 Å². The highest BCUT2D eigenvalue weighted by molar-refractivity contribution is 9.10. The summed E-state index contributed by atoms with van der Waals surface area (Å²) in [5.74, 6) is -1.63. The number of hydrogen-bond acceptors (Lipinski definition) is 2. The van der Waals surface area contributed by atoms with Gasteiger partial charge in [0.15, 0.2) is 6.04 Å². The molecule has 0 heterocycles. The Morgan fingerprint density at radius 2 is 1.81 bits per heavy atom. The van der Waals surface area contributed by atoms with Crippen molar-refractivity contribution in [1.29, 1.82) is 0 Å².